The van der Waals surface area contributed by atoms with Crippen molar-refractivity contribution >= 4 is 17.2 Å². The summed E-state index contributed by atoms with van der Waals surface area (Å²) >= 11 is 0. The Balaban J connectivity index is 1.80. The topological polar surface area (TPSA) is 72.4 Å². The van der Waals surface area contributed by atoms with Crippen LogP contribution in [0.5, 0.6) is 0 Å². The number of aryl methyl sites for hydroxylation is 1. The molecule has 0 radical (unpaired) electrons. The maximum atomic E-state index is 12.3. The first kappa shape index (κ1) is 17.2. The number of nitrogens with one attached hydrogen (secondary N) is 1. The maximum absolute atomic E-state index is 12.3. The Hall–Kier alpha value is -2.66. The quantitative estimate of drug-likeness (QED) is 0.745. The van der Waals surface area contributed by atoms with E-state index in [4.69, 9.17) is 10.7 Å². The van der Waals surface area contributed by atoms with E-state index in [-0.39, 0.29) is 5.91 Å². The number of nitrogens with two attached hydrogens (primary N) is 1. The SMILES string of the molecule is CCCC(C)(N)C(=O)Nc1ccc(-c2cn3cccc(C)c3n2)cc1. The van der Waals surface area contributed by atoms with Gasteiger partial charge in [-0.15, -0.1) is 0 Å². The van der Waals surface area contributed by atoms with Crippen LogP contribution in [0.1, 0.15) is 32.3 Å². The van der Waals surface area contributed by atoms with Crippen LogP contribution in [-0.4, -0.2) is 20.8 Å². The third kappa shape index (κ3) is 3.56. The summed E-state index contributed by atoms with van der Waals surface area (Å²) in [4.78, 5) is 17.0. The van der Waals surface area contributed by atoms with Crippen LogP contribution in [0.2, 0.25) is 0 Å². The predicted molar refractivity (Wildman–Crippen MR) is 101 cm³/mol. The summed E-state index contributed by atoms with van der Waals surface area (Å²) in [5.74, 6) is -0.162. The van der Waals surface area contributed by atoms with Crippen LogP contribution in [0.4, 0.5) is 5.69 Å². The van der Waals surface area contributed by atoms with Gasteiger partial charge in [-0.3, -0.25) is 4.79 Å². The molecule has 1 aromatic carbocycles. The number of amides is 1. The van der Waals surface area contributed by atoms with Gasteiger partial charge in [-0.25, -0.2) is 4.98 Å². The summed E-state index contributed by atoms with van der Waals surface area (Å²) in [5, 5.41) is 2.89. The van der Waals surface area contributed by atoms with Crippen molar-refractivity contribution in [3.63, 3.8) is 0 Å². The van der Waals surface area contributed by atoms with E-state index in [0.717, 1.165) is 34.6 Å². The fourth-order valence-electron chi connectivity index (χ4n) is 2.92. The molecule has 0 spiro atoms. The zero-order chi connectivity index (χ0) is 18.0. The molecule has 5 heteroatoms. The summed E-state index contributed by atoms with van der Waals surface area (Å²) in [5.41, 5.74) is 9.95. The van der Waals surface area contributed by atoms with Crippen LogP contribution in [0.3, 0.4) is 0 Å². The minimum absolute atomic E-state index is 0.162. The normalized spacial score (nSPS) is 13.6. The Morgan fingerprint density at radius 1 is 1.28 bits per heavy atom. The fraction of sp³-hybridized carbons (Fsp3) is 0.300. The second-order valence-electron chi connectivity index (χ2n) is 6.75. The average molecular weight is 336 g/mol. The van der Waals surface area contributed by atoms with Gasteiger partial charge < -0.3 is 15.5 Å². The summed E-state index contributed by atoms with van der Waals surface area (Å²) in [6.07, 6.45) is 5.52. The number of carbonyl (C=O) groups is 1. The van der Waals surface area contributed by atoms with E-state index >= 15 is 0 Å². The highest BCUT2D eigenvalue weighted by molar-refractivity contribution is 5.97. The number of carbonyl (C=O) groups excluding carboxylic acids is 1. The highest BCUT2D eigenvalue weighted by atomic mass is 16.2. The molecule has 3 N–H and O–H groups in total. The largest absolute Gasteiger partial charge is 0.325 e. The van der Waals surface area contributed by atoms with Crippen LogP contribution in [0.15, 0.2) is 48.8 Å². The zero-order valence-corrected chi connectivity index (χ0v) is 14.9. The smallest absolute Gasteiger partial charge is 0.244 e. The standard InChI is InChI=1S/C20H24N4O/c1-4-11-20(3,21)19(25)22-16-9-7-15(8-10-16)17-13-24-12-5-6-14(2)18(24)23-17/h5-10,12-13H,4,11,21H2,1-3H3,(H,22,25). The van der Waals surface area contributed by atoms with E-state index in [0.29, 0.717) is 6.42 Å². The number of pyridine rings is 1. The number of benzene rings is 1. The van der Waals surface area contributed by atoms with Crippen molar-refractivity contribution in [2.45, 2.75) is 39.2 Å². The highest BCUT2D eigenvalue weighted by Gasteiger charge is 2.27. The first-order valence-corrected chi connectivity index (χ1v) is 8.56. The molecule has 0 fully saturated rings. The molecule has 130 valence electrons. The van der Waals surface area contributed by atoms with Gasteiger partial charge in [0.2, 0.25) is 5.91 Å². The van der Waals surface area contributed by atoms with Crippen LogP contribution in [0, 0.1) is 6.92 Å². The van der Waals surface area contributed by atoms with E-state index in [2.05, 4.69) is 5.32 Å². The lowest BCUT2D eigenvalue weighted by Crippen LogP contribution is -2.48. The van der Waals surface area contributed by atoms with E-state index in [9.17, 15) is 4.79 Å². The minimum Gasteiger partial charge on any atom is -0.325 e. The molecule has 0 aliphatic rings. The molecule has 2 heterocycles. The van der Waals surface area contributed by atoms with Crippen molar-refractivity contribution in [1.29, 1.82) is 0 Å². The van der Waals surface area contributed by atoms with Crippen molar-refractivity contribution < 1.29 is 4.79 Å². The number of hydrogen-bond acceptors (Lipinski definition) is 3. The van der Waals surface area contributed by atoms with Crippen molar-refractivity contribution in [1.82, 2.24) is 9.38 Å². The molecular weight excluding hydrogens is 312 g/mol. The molecule has 3 rings (SSSR count). The van der Waals surface area contributed by atoms with Crippen molar-refractivity contribution in [2.75, 3.05) is 5.32 Å². The van der Waals surface area contributed by atoms with E-state index in [1.165, 1.54) is 0 Å². The van der Waals surface area contributed by atoms with Gasteiger partial charge in [0.1, 0.15) is 5.65 Å². The minimum atomic E-state index is -0.855. The zero-order valence-electron chi connectivity index (χ0n) is 14.9. The van der Waals surface area contributed by atoms with Gasteiger partial charge in [-0.2, -0.15) is 0 Å². The second-order valence-corrected chi connectivity index (χ2v) is 6.75. The van der Waals surface area contributed by atoms with Gasteiger partial charge in [-0.05, 0) is 44.0 Å². The Kier molecular flexibility index (Phi) is 4.59. The summed E-state index contributed by atoms with van der Waals surface area (Å²) in [6.45, 7) is 5.83. The number of hydrogen-bond donors (Lipinski definition) is 2. The van der Waals surface area contributed by atoms with Crippen molar-refractivity contribution in [2.24, 2.45) is 5.73 Å². The molecule has 2 aromatic heterocycles. The fourth-order valence-corrected chi connectivity index (χ4v) is 2.92. The molecule has 0 aliphatic heterocycles. The molecule has 1 unspecified atom stereocenters. The monoisotopic (exact) mass is 336 g/mol. The third-order valence-corrected chi connectivity index (χ3v) is 4.40. The third-order valence-electron chi connectivity index (χ3n) is 4.40. The summed E-state index contributed by atoms with van der Waals surface area (Å²) < 4.78 is 2.02. The van der Waals surface area contributed by atoms with E-state index < -0.39 is 5.54 Å². The van der Waals surface area contributed by atoms with Gasteiger partial charge in [0, 0.05) is 23.6 Å². The number of nitrogens with zero attached hydrogens (tertiary/aromatic N) is 2. The molecule has 0 bridgehead atoms. The molecule has 3 aromatic rings. The second kappa shape index (κ2) is 6.69. The highest BCUT2D eigenvalue weighted by Crippen LogP contribution is 2.23. The average Bonchev–Trinajstić information content (AvgIpc) is 3.01. The van der Waals surface area contributed by atoms with Gasteiger partial charge in [0.15, 0.2) is 0 Å². The predicted octanol–water partition coefficient (Wildman–Crippen LogP) is 3.77. The Morgan fingerprint density at radius 2 is 2.00 bits per heavy atom. The van der Waals surface area contributed by atoms with Crippen LogP contribution in [-0.2, 0) is 4.79 Å². The Morgan fingerprint density at radius 3 is 2.64 bits per heavy atom. The molecule has 1 amide bonds. The van der Waals surface area contributed by atoms with Crippen molar-refractivity contribution in [3.05, 3.63) is 54.4 Å². The molecule has 0 saturated heterocycles. The van der Waals surface area contributed by atoms with Gasteiger partial charge >= 0.3 is 0 Å². The summed E-state index contributed by atoms with van der Waals surface area (Å²) in [7, 11) is 0. The number of rotatable bonds is 5. The molecule has 0 aliphatic carbocycles. The maximum Gasteiger partial charge on any atom is 0.244 e. The van der Waals surface area contributed by atoms with Crippen LogP contribution >= 0.6 is 0 Å². The number of fused-ring (bicyclic) bond motifs is 1. The molecule has 1 atom stereocenters. The van der Waals surface area contributed by atoms with Gasteiger partial charge in [-0.1, -0.05) is 31.5 Å². The van der Waals surface area contributed by atoms with Crippen LogP contribution in [0.25, 0.3) is 16.9 Å². The first-order chi connectivity index (χ1) is 11.9. The van der Waals surface area contributed by atoms with Crippen LogP contribution < -0.4 is 11.1 Å². The molecule has 25 heavy (non-hydrogen) atoms. The van der Waals surface area contributed by atoms with Gasteiger partial charge in [0.05, 0.1) is 11.2 Å². The lowest BCUT2D eigenvalue weighted by atomic mass is 9.96. The summed E-state index contributed by atoms with van der Waals surface area (Å²) in [6, 6.07) is 11.7. The first-order valence-electron chi connectivity index (χ1n) is 8.56. The number of aromatic nitrogens is 2. The van der Waals surface area contributed by atoms with Crippen molar-refractivity contribution in [3.8, 4) is 11.3 Å². The van der Waals surface area contributed by atoms with E-state index in [1.54, 1.807) is 6.92 Å². The lowest BCUT2D eigenvalue weighted by Gasteiger charge is -2.22. The Bertz CT molecular complexity index is 894. The van der Waals surface area contributed by atoms with E-state index in [1.807, 2.05) is 67.0 Å². The number of anilines is 1. The molecule has 5 nitrogen and oxygen atoms in total. The Labute approximate surface area is 147 Å². The number of imidazole rings is 1. The lowest BCUT2D eigenvalue weighted by molar-refractivity contribution is -0.120. The van der Waals surface area contributed by atoms with Gasteiger partial charge in [0.25, 0.3) is 0 Å². The molecule has 0 saturated carbocycles. The molecular formula is C20H24N4O.